The van der Waals surface area contributed by atoms with E-state index in [1.54, 1.807) is 6.20 Å². The van der Waals surface area contributed by atoms with E-state index in [4.69, 9.17) is 22.1 Å². The summed E-state index contributed by atoms with van der Waals surface area (Å²) in [7, 11) is 0. The zero-order valence-corrected chi connectivity index (χ0v) is 16.0. The zero-order chi connectivity index (χ0) is 17.3. The van der Waals surface area contributed by atoms with Gasteiger partial charge in [0.2, 0.25) is 5.88 Å². The second-order valence-electron chi connectivity index (χ2n) is 6.77. The molecule has 2 atom stereocenters. The number of pyridine rings is 2. The van der Waals surface area contributed by atoms with Gasteiger partial charge in [-0.25, -0.2) is 9.97 Å². The van der Waals surface area contributed by atoms with Crippen LogP contribution in [-0.2, 0) is 5.54 Å². The van der Waals surface area contributed by atoms with Crippen LogP contribution in [-0.4, -0.2) is 28.1 Å². The molecule has 1 aliphatic carbocycles. The fraction of sp³-hybridized carbons (Fsp3) is 0.556. The molecule has 0 spiro atoms. The second kappa shape index (κ2) is 7.06. The smallest absolute Gasteiger partial charge is 0.222 e. The van der Waals surface area contributed by atoms with Gasteiger partial charge in [-0.2, -0.15) is 11.8 Å². The molecule has 4 nitrogen and oxygen atoms in total. The van der Waals surface area contributed by atoms with Gasteiger partial charge in [-0.3, -0.25) is 0 Å². The van der Waals surface area contributed by atoms with Crippen molar-refractivity contribution in [2.75, 3.05) is 12.9 Å². The standard InChI is InChI=1S/C18H24ClN3OS/c1-11(24-3)6-7-23-17-14-9-21-16(19)8-13(14)15(10-22-17)18(2,20)12-4-5-12/h8-12H,4-7,20H2,1-3H3. The lowest BCUT2D eigenvalue weighted by atomic mass is 9.86. The monoisotopic (exact) mass is 365 g/mol. The molecule has 1 aliphatic rings. The second-order valence-corrected chi connectivity index (χ2v) is 8.43. The Bertz CT molecular complexity index is 734. The number of hydrogen-bond acceptors (Lipinski definition) is 5. The molecule has 130 valence electrons. The third-order valence-corrected chi connectivity index (χ3v) is 6.12. The van der Waals surface area contributed by atoms with E-state index in [1.165, 1.54) is 0 Å². The molecule has 2 unspecified atom stereocenters. The van der Waals surface area contributed by atoms with Crippen LogP contribution >= 0.6 is 23.4 Å². The summed E-state index contributed by atoms with van der Waals surface area (Å²) >= 11 is 7.97. The summed E-state index contributed by atoms with van der Waals surface area (Å²) in [4.78, 5) is 8.76. The Balaban J connectivity index is 1.95. The van der Waals surface area contributed by atoms with Crippen molar-refractivity contribution in [2.45, 2.75) is 43.9 Å². The van der Waals surface area contributed by atoms with Crippen LogP contribution in [0.1, 0.15) is 38.7 Å². The van der Waals surface area contributed by atoms with Crippen molar-refractivity contribution in [2.24, 2.45) is 11.7 Å². The third kappa shape index (κ3) is 3.63. The zero-order valence-electron chi connectivity index (χ0n) is 14.4. The van der Waals surface area contributed by atoms with Gasteiger partial charge in [-0.1, -0.05) is 18.5 Å². The Hall–Kier alpha value is -1.04. The van der Waals surface area contributed by atoms with Crippen LogP contribution in [0.3, 0.4) is 0 Å². The van der Waals surface area contributed by atoms with E-state index in [1.807, 2.05) is 24.0 Å². The fourth-order valence-corrected chi connectivity index (χ4v) is 3.46. The number of aromatic nitrogens is 2. The van der Waals surface area contributed by atoms with Crippen molar-refractivity contribution in [1.82, 2.24) is 9.97 Å². The SMILES string of the molecule is CSC(C)CCOc1ncc(C(C)(N)C2CC2)c2cc(Cl)ncc12. The highest BCUT2D eigenvalue weighted by Gasteiger charge is 2.41. The number of rotatable bonds is 7. The van der Waals surface area contributed by atoms with Gasteiger partial charge in [0.25, 0.3) is 0 Å². The summed E-state index contributed by atoms with van der Waals surface area (Å²) < 4.78 is 5.93. The van der Waals surface area contributed by atoms with Gasteiger partial charge in [0, 0.05) is 23.2 Å². The Morgan fingerprint density at radius 3 is 2.79 bits per heavy atom. The lowest BCUT2D eigenvalue weighted by molar-refractivity contribution is 0.303. The lowest BCUT2D eigenvalue weighted by Gasteiger charge is -2.26. The van der Waals surface area contributed by atoms with Crippen LogP contribution in [0.2, 0.25) is 5.15 Å². The maximum atomic E-state index is 6.62. The van der Waals surface area contributed by atoms with Crippen LogP contribution in [0.25, 0.3) is 10.8 Å². The van der Waals surface area contributed by atoms with Crippen molar-refractivity contribution in [1.29, 1.82) is 0 Å². The molecule has 6 heteroatoms. The van der Waals surface area contributed by atoms with E-state index >= 15 is 0 Å². The average molecular weight is 366 g/mol. The molecular formula is C18H24ClN3OS. The minimum atomic E-state index is -0.401. The van der Waals surface area contributed by atoms with E-state index in [-0.39, 0.29) is 0 Å². The van der Waals surface area contributed by atoms with E-state index < -0.39 is 5.54 Å². The van der Waals surface area contributed by atoms with Crippen LogP contribution < -0.4 is 10.5 Å². The molecule has 24 heavy (non-hydrogen) atoms. The number of fused-ring (bicyclic) bond motifs is 1. The highest BCUT2D eigenvalue weighted by atomic mass is 35.5. The predicted octanol–water partition coefficient (Wildman–Crippen LogP) is 4.39. The maximum Gasteiger partial charge on any atom is 0.222 e. The van der Waals surface area contributed by atoms with Crippen molar-refractivity contribution >= 4 is 34.1 Å². The molecule has 0 aromatic carbocycles. The van der Waals surface area contributed by atoms with Gasteiger partial charge in [0.1, 0.15) is 5.15 Å². The van der Waals surface area contributed by atoms with Crippen LogP contribution in [0, 0.1) is 5.92 Å². The summed E-state index contributed by atoms with van der Waals surface area (Å²) in [5.74, 6) is 1.11. The Morgan fingerprint density at radius 2 is 2.12 bits per heavy atom. The molecular weight excluding hydrogens is 342 g/mol. The van der Waals surface area contributed by atoms with Crippen molar-refractivity contribution in [3.8, 4) is 5.88 Å². The number of thioether (sulfide) groups is 1. The van der Waals surface area contributed by atoms with Gasteiger partial charge in [-0.05, 0) is 55.4 Å². The number of hydrogen-bond donors (Lipinski definition) is 1. The van der Waals surface area contributed by atoms with Crippen molar-refractivity contribution in [3.63, 3.8) is 0 Å². The molecule has 0 amide bonds. The molecule has 2 aromatic rings. The number of nitrogens with two attached hydrogens (primary N) is 1. The summed E-state index contributed by atoms with van der Waals surface area (Å²) in [5.41, 5.74) is 7.24. The first kappa shape index (κ1) is 17.8. The van der Waals surface area contributed by atoms with Crippen LogP contribution in [0.5, 0.6) is 5.88 Å². The van der Waals surface area contributed by atoms with Crippen LogP contribution in [0.4, 0.5) is 0 Å². The molecule has 0 radical (unpaired) electrons. The quantitative estimate of drug-likeness (QED) is 0.737. The van der Waals surface area contributed by atoms with Crippen LogP contribution in [0.15, 0.2) is 18.5 Å². The molecule has 2 heterocycles. The highest BCUT2D eigenvalue weighted by Crippen LogP contribution is 2.46. The van der Waals surface area contributed by atoms with E-state index in [9.17, 15) is 0 Å². The van der Waals surface area contributed by atoms with Gasteiger partial charge >= 0.3 is 0 Å². The first-order chi connectivity index (χ1) is 11.4. The Kier molecular flexibility index (Phi) is 5.23. The predicted molar refractivity (Wildman–Crippen MR) is 102 cm³/mol. The topological polar surface area (TPSA) is 61.0 Å². The van der Waals surface area contributed by atoms with E-state index in [0.717, 1.165) is 35.6 Å². The molecule has 1 saturated carbocycles. The minimum absolute atomic E-state index is 0.401. The van der Waals surface area contributed by atoms with Gasteiger partial charge in [0.05, 0.1) is 12.0 Å². The Labute approximate surface area is 152 Å². The first-order valence-electron chi connectivity index (χ1n) is 8.32. The number of halogens is 1. The van der Waals surface area contributed by atoms with E-state index in [0.29, 0.717) is 28.8 Å². The first-order valence-corrected chi connectivity index (χ1v) is 9.99. The maximum absolute atomic E-state index is 6.62. The summed E-state index contributed by atoms with van der Waals surface area (Å²) in [6.45, 7) is 4.91. The van der Waals surface area contributed by atoms with Gasteiger partial charge in [-0.15, -0.1) is 0 Å². The largest absolute Gasteiger partial charge is 0.477 e. The van der Waals surface area contributed by atoms with E-state index in [2.05, 4.69) is 30.1 Å². The van der Waals surface area contributed by atoms with Gasteiger partial charge < -0.3 is 10.5 Å². The highest BCUT2D eigenvalue weighted by molar-refractivity contribution is 7.99. The molecule has 1 fully saturated rings. The summed E-state index contributed by atoms with van der Waals surface area (Å²) in [6, 6.07) is 1.87. The Morgan fingerprint density at radius 1 is 1.38 bits per heavy atom. The lowest BCUT2D eigenvalue weighted by Crippen LogP contribution is -2.35. The number of nitrogens with zero attached hydrogens (tertiary/aromatic N) is 2. The third-order valence-electron chi connectivity index (χ3n) is 4.87. The molecule has 3 rings (SSSR count). The normalized spacial score (nSPS) is 18.4. The molecule has 0 aliphatic heterocycles. The molecule has 2 N–H and O–H groups in total. The molecule has 2 aromatic heterocycles. The number of ether oxygens (including phenoxy) is 1. The minimum Gasteiger partial charge on any atom is -0.477 e. The average Bonchev–Trinajstić information content (AvgIpc) is 3.39. The van der Waals surface area contributed by atoms with Crippen molar-refractivity contribution < 1.29 is 4.74 Å². The fourth-order valence-electron chi connectivity index (χ4n) is 2.97. The molecule has 0 bridgehead atoms. The molecule has 0 saturated heterocycles. The van der Waals surface area contributed by atoms with Gasteiger partial charge in [0.15, 0.2) is 0 Å². The summed E-state index contributed by atoms with van der Waals surface area (Å²) in [5, 5.41) is 2.90. The van der Waals surface area contributed by atoms with Crippen molar-refractivity contribution in [3.05, 3.63) is 29.2 Å². The summed E-state index contributed by atoms with van der Waals surface area (Å²) in [6.07, 6.45) is 9.01.